The SMILES string of the molecule is CC(C(=O)O)S(=O)(=O)N1CCSCC1S(C)(=O)=O. The summed E-state index contributed by atoms with van der Waals surface area (Å²) in [7, 11) is -7.74. The maximum atomic E-state index is 12.1. The van der Waals surface area contributed by atoms with Crippen molar-refractivity contribution in [3.63, 3.8) is 0 Å². The van der Waals surface area contributed by atoms with Gasteiger partial charge in [-0.05, 0) is 6.92 Å². The van der Waals surface area contributed by atoms with Gasteiger partial charge in [0.2, 0.25) is 10.0 Å². The Morgan fingerprint density at radius 1 is 1.39 bits per heavy atom. The van der Waals surface area contributed by atoms with E-state index in [-0.39, 0.29) is 12.3 Å². The van der Waals surface area contributed by atoms with Crippen LogP contribution in [0.5, 0.6) is 0 Å². The zero-order valence-electron chi connectivity index (χ0n) is 9.94. The Morgan fingerprint density at radius 2 is 1.94 bits per heavy atom. The molecule has 0 aromatic carbocycles. The molecule has 1 heterocycles. The summed E-state index contributed by atoms with van der Waals surface area (Å²) in [5, 5.41) is 5.95. The summed E-state index contributed by atoms with van der Waals surface area (Å²) in [6.45, 7) is 1.06. The van der Waals surface area contributed by atoms with Crippen LogP contribution in [0.3, 0.4) is 0 Å². The molecule has 1 rings (SSSR count). The third-order valence-electron chi connectivity index (χ3n) is 2.65. The zero-order valence-corrected chi connectivity index (χ0v) is 12.4. The summed E-state index contributed by atoms with van der Waals surface area (Å²) < 4.78 is 48.1. The molecule has 1 aliphatic rings. The summed E-state index contributed by atoms with van der Waals surface area (Å²) in [5.41, 5.74) is 0. The molecule has 0 amide bonds. The van der Waals surface area contributed by atoms with Gasteiger partial charge in [0, 0.05) is 24.3 Å². The second kappa shape index (κ2) is 5.35. The number of carboxylic acid groups (broad SMARTS) is 1. The number of carboxylic acids is 1. The van der Waals surface area contributed by atoms with E-state index in [1.54, 1.807) is 0 Å². The summed E-state index contributed by atoms with van der Waals surface area (Å²) in [4.78, 5) is 10.8. The maximum Gasteiger partial charge on any atom is 0.323 e. The van der Waals surface area contributed by atoms with Crippen molar-refractivity contribution in [2.75, 3.05) is 24.3 Å². The highest BCUT2D eigenvalue weighted by molar-refractivity contribution is 8.01. The standard InChI is InChI=1S/C8H15NO6S3/c1-6(8(10)11)18(14,15)9-3-4-16-5-7(9)17(2,12)13/h6-7H,3-5H2,1-2H3,(H,10,11). The van der Waals surface area contributed by atoms with Gasteiger partial charge in [-0.25, -0.2) is 16.8 Å². The lowest BCUT2D eigenvalue weighted by molar-refractivity contribution is -0.136. The number of hydrogen-bond donors (Lipinski definition) is 1. The number of sulfone groups is 1. The van der Waals surface area contributed by atoms with E-state index >= 15 is 0 Å². The van der Waals surface area contributed by atoms with Gasteiger partial charge in [0.25, 0.3) is 0 Å². The quantitative estimate of drug-likeness (QED) is 0.723. The van der Waals surface area contributed by atoms with Crippen LogP contribution >= 0.6 is 11.8 Å². The predicted octanol–water partition coefficient (Wildman–Crippen LogP) is -0.791. The van der Waals surface area contributed by atoms with Crippen LogP contribution in [0.1, 0.15) is 6.92 Å². The molecule has 0 aromatic rings. The Balaban J connectivity index is 3.16. The van der Waals surface area contributed by atoms with Crippen LogP contribution in [-0.2, 0) is 24.7 Å². The fourth-order valence-electron chi connectivity index (χ4n) is 1.52. The van der Waals surface area contributed by atoms with E-state index in [1.165, 1.54) is 11.8 Å². The Hall–Kier alpha value is -0.320. The molecule has 18 heavy (non-hydrogen) atoms. The van der Waals surface area contributed by atoms with Crippen molar-refractivity contribution < 1.29 is 26.7 Å². The van der Waals surface area contributed by atoms with Gasteiger partial charge in [0.05, 0.1) is 0 Å². The Kier molecular flexibility index (Phi) is 4.68. The number of nitrogens with zero attached hydrogens (tertiary/aromatic N) is 1. The average molecular weight is 317 g/mol. The van der Waals surface area contributed by atoms with Crippen molar-refractivity contribution in [3.8, 4) is 0 Å². The summed E-state index contributed by atoms with van der Waals surface area (Å²) >= 11 is 1.34. The lowest BCUT2D eigenvalue weighted by Crippen LogP contribution is -2.53. The molecular formula is C8H15NO6S3. The van der Waals surface area contributed by atoms with Crippen molar-refractivity contribution in [1.29, 1.82) is 0 Å². The van der Waals surface area contributed by atoms with Gasteiger partial charge >= 0.3 is 5.97 Å². The number of rotatable bonds is 4. The molecule has 2 atom stereocenters. The first-order chi connectivity index (χ1) is 8.08. The molecule has 0 saturated carbocycles. The van der Waals surface area contributed by atoms with Crippen LogP contribution in [0.2, 0.25) is 0 Å². The normalized spacial score (nSPS) is 24.7. The van der Waals surface area contributed by atoms with Crippen LogP contribution in [-0.4, -0.2) is 67.1 Å². The van der Waals surface area contributed by atoms with E-state index in [4.69, 9.17) is 5.11 Å². The molecule has 2 unspecified atom stereocenters. The largest absolute Gasteiger partial charge is 0.480 e. The van der Waals surface area contributed by atoms with Crippen LogP contribution in [0.15, 0.2) is 0 Å². The lowest BCUT2D eigenvalue weighted by Gasteiger charge is -2.33. The van der Waals surface area contributed by atoms with Gasteiger partial charge in [0.1, 0.15) is 5.37 Å². The molecule has 0 radical (unpaired) electrons. The minimum absolute atomic E-state index is 0.0162. The van der Waals surface area contributed by atoms with Gasteiger partial charge in [-0.3, -0.25) is 4.79 Å². The van der Waals surface area contributed by atoms with Gasteiger partial charge in [-0.2, -0.15) is 16.1 Å². The lowest BCUT2D eigenvalue weighted by atomic mass is 10.5. The maximum absolute atomic E-state index is 12.1. The molecule has 1 fully saturated rings. The molecule has 7 nitrogen and oxygen atoms in total. The molecule has 10 heteroatoms. The Labute approximate surface area is 111 Å². The minimum atomic E-state index is -4.15. The Morgan fingerprint density at radius 3 is 2.39 bits per heavy atom. The first-order valence-electron chi connectivity index (χ1n) is 5.08. The summed E-state index contributed by atoms with van der Waals surface area (Å²) in [5.74, 6) is -0.900. The van der Waals surface area contributed by atoms with E-state index in [9.17, 15) is 21.6 Å². The smallest absolute Gasteiger partial charge is 0.323 e. The van der Waals surface area contributed by atoms with Crippen LogP contribution in [0, 0.1) is 0 Å². The van der Waals surface area contributed by atoms with Gasteiger partial charge in [0.15, 0.2) is 15.1 Å². The number of sulfonamides is 1. The molecular weight excluding hydrogens is 302 g/mol. The van der Waals surface area contributed by atoms with E-state index in [0.717, 1.165) is 17.5 Å². The minimum Gasteiger partial charge on any atom is -0.480 e. The molecule has 0 bridgehead atoms. The molecule has 0 aromatic heterocycles. The second-order valence-corrected chi connectivity index (χ2v) is 9.55. The third-order valence-corrected chi connectivity index (χ3v) is 7.62. The van der Waals surface area contributed by atoms with E-state index in [1.807, 2.05) is 0 Å². The van der Waals surface area contributed by atoms with Gasteiger partial charge < -0.3 is 5.11 Å². The van der Waals surface area contributed by atoms with E-state index in [0.29, 0.717) is 5.75 Å². The molecule has 1 aliphatic heterocycles. The molecule has 106 valence electrons. The summed E-state index contributed by atoms with van der Waals surface area (Å²) in [6, 6.07) is 0. The Bertz CT molecular complexity index is 525. The van der Waals surface area contributed by atoms with Gasteiger partial charge in [-0.15, -0.1) is 0 Å². The molecule has 0 aliphatic carbocycles. The summed E-state index contributed by atoms with van der Waals surface area (Å²) in [6.07, 6.45) is 0.956. The zero-order chi connectivity index (χ0) is 14.1. The highest BCUT2D eigenvalue weighted by atomic mass is 32.2. The number of aliphatic carboxylic acids is 1. The molecule has 1 saturated heterocycles. The monoisotopic (exact) mass is 317 g/mol. The van der Waals surface area contributed by atoms with Crippen LogP contribution in [0.4, 0.5) is 0 Å². The number of carbonyl (C=O) groups is 1. The van der Waals surface area contributed by atoms with Crippen LogP contribution < -0.4 is 0 Å². The van der Waals surface area contributed by atoms with E-state index < -0.39 is 36.5 Å². The third kappa shape index (κ3) is 3.16. The topological polar surface area (TPSA) is 109 Å². The van der Waals surface area contributed by atoms with Crippen molar-refractivity contribution >= 4 is 37.6 Å². The van der Waals surface area contributed by atoms with Crippen molar-refractivity contribution in [2.45, 2.75) is 17.5 Å². The molecule has 1 N–H and O–H groups in total. The fourth-order valence-corrected chi connectivity index (χ4v) is 6.66. The number of thioether (sulfide) groups is 1. The average Bonchev–Trinajstić information content (AvgIpc) is 2.26. The predicted molar refractivity (Wildman–Crippen MR) is 68.7 cm³/mol. The molecule has 0 spiro atoms. The van der Waals surface area contributed by atoms with Crippen molar-refractivity contribution in [2.24, 2.45) is 0 Å². The van der Waals surface area contributed by atoms with E-state index in [2.05, 4.69) is 0 Å². The second-order valence-electron chi connectivity index (χ2n) is 4.00. The van der Waals surface area contributed by atoms with Crippen molar-refractivity contribution in [3.05, 3.63) is 0 Å². The first kappa shape index (κ1) is 15.7. The first-order valence-corrected chi connectivity index (χ1v) is 9.70. The van der Waals surface area contributed by atoms with Crippen molar-refractivity contribution in [1.82, 2.24) is 4.31 Å². The highest BCUT2D eigenvalue weighted by Gasteiger charge is 2.43. The fraction of sp³-hybridized carbons (Fsp3) is 0.875. The highest BCUT2D eigenvalue weighted by Crippen LogP contribution is 2.25. The number of hydrogen-bond acceptors (Lipinski definition) is 6. The van der Waals surface area contributed by atoms with Crippen LogP contribution in [0.25, 0.3) is 0 Å². The van der Waals surface area contributed by atoms with Gasteiger partial charge in [-0.1, -0.05) is 0 Å².